The van der Waals surface area contributed by atoms with Crippen LogP contribution in [0.15, 0.2) is 52.0 Å². The standard InChI is InChI=1S/C16H14BrN3O3/c1-10-9-13(5-8-15(10)20(22)23)16(21)19-18-11(2)12-3-6-14(17)7-4-12/h3-9H,1-2H3,(H,19,21)/b18-11+. The molecular formula is C16H14BrN3O3. The maximum Gasteiger partial charge on any atom is 0.272 e. The second-order valence-corrected chi connectivity index (χ2v) is 5.82. The molecule has 2 aromatic carbocycles. The van der Waals surface area contributed by atoms with Crippen LogP contribution in [0, 0.1) is 17.0 Å². The Labute approximate surface area is 141 Å². The van der Waals surface area contributed by atoms with Crippen LogP contribution in [0.25, 0.3) is 0 Å². The normalized spacial score (nSPS) is 11.2. The molecule has 1 N–H and O–H groups in total. The Bertz CT molecular complexity index is 786. The van der Waals surface area contributed by atoms with Crippen molar-refractivity contribution in [1.82, 2.24) is 5.43 Å². The van der Waals surface area contributed by atoms with Gasteiger partial charge in [0.2, 0.25) is 0 Å². The zero-order chi connectivity index (χ0) is 17.0. The van der Waals surface area contributed by atoms with Crippen LogP contribution in [0.5, 0.6) is 0 Å². The molecular weight excluding hydrogens is 362 g/mol. The largest absolute Gasteiger partial charge is 0.272 e. The maximum atomic E-state index is 12.1. The van der Waals surface area contributed by atoms with E-state index in [1.807, 2.05) is 24.3 Å². The number of hydrazone groups is 1. The summed E-state index contributed by atoms with van der Waals surface area (Å²) < 4.78 is 0.958. The van der Waals surface area contributed by atoms with E-state index in [1.54, 1.807) is 13.8 Å². The van der Waals surface area contributed by atoms with Crippen molar-refractivity contribution in [2.45, 2.75) is 13.8 Å². The maximum absolute atomic E-state index is 12.1. The lowest BCUT2D eigenvalue weighted by atomic mass is 10.1. The number of rotatable bonds is 4. The molecule has 0 unspecified atom stereocenters. The highest BCUT2D eigenvalue weighted by Gasteiger charge is 2.13. The van der Waals surface area contributed by atoms with Gasteiger partial charge in [-0.15, -0.1) is 0 Å². The van der Waals surface area contributed by atoms with Crippen LogP contribution in [0.2, 0.25) is 0 Å². The smallest absolute Gasteiger partial charge is 0.267 e. The number of nitrogens with one attached hydrogen (secondary N) is 1. The number of benzene rings is 2. The zero-order valence-corrected chi connectivity index (χ0v) is 14.1. The van der Waals surface area contributed by atoms with Gasteiger partial charge in [-0.25, -0.2) is 5.43 Å². The van der Waals surface area contributed by atoms with E-state index >= 15 is 0 Å². The minimum absolute atomic E-state index is 0.0175. The Morgan fingerprint density at radius 2 is 1.78 bits per heavy atom. The summed E-state index contributed by atoms with van der Waals surface area (Å²) in [6, 6.07) is 11.7. The summed E-state index contributed by atoms with van der Waals surface area (Å²) in [6.07, 6.45) is 0. The Kier molecular flexibility index (Phi) is 5.23. The molecule has 2 rings (SSSR count). The quantitative estimate of drug-likeness (QED) is 0.500. The first-order chi connectivity index (χ1) is 10.9. The molecule has 0 radical (unpaired) electrons. The summed E-state index contributed by atoms with van der Waals surface area (Å²) in [7, 11) is 0. The van der Waals surface area contributed by atoms with E-state index in [0.29, 0.717) is 16.8 Å². The van der Waals surface area contributed by atoms with Crippen molar-refractivity contribution in [1.29, 1.82) is 0 Å². The number of halogens is 1. The average Bonchev–Trinajstić information content (AvgIpc) is 2.52. The van der Waals surface area contributed by atoms with Crippen LogP contribution < -0.4 is 5.43 Å². The van der Waals surface area contributed by atoms with Crippen molar-refractivity contribution in [2.24, 2.45) is 5.10 Å². The van der Waals surface area contributed by atoms with Crippen molar-refractivity contribution in [3.8, 4) is 0 Å². The van der Waals surface area contributed by atoms with Crippen LogP contribution >= 0.6 is 15.9 Å². The van der Waals surface area contributed by atoms with E-state index in [1.165, 1.54) is 18.2 Å². The van der Waals surface area contributed by atoms with E-state index in [-0.39, 0.29) is 5.69 Å². The highest BCUT2D eigenvalue weighted by Crippen LogP contribution is 2.18. The third kappa shape index (κ3) is 4.23. The van der Waals surface area contributed by atoms with Gasteiger partial charge in [0.05, 0.1) is 10.6 Å². The molecule has 0 aliphatic carbocycles. The molecule has 0 saturated heterocycles. The van der Waals surface area contributed by atoms with Crippen molar-refractivity contribution in [2.75, 3.05) is 0 Å². The number of carbonyl (C=O) groups is 1. The van der Waals surface area contributed by atoms with E-state index in [2.05, 4.69) is 26.5 Å². The first kappa shape index (κ1) is 16.8. The van der Waals surface area contributed by atoms with Crippen molar-refractivity contribution < 1.29 is 9.72 Å². The van der Waals surface area contributed by atoms with Gasteiger partial charge >= 0.3 is 0 Å². The summed E-state index contributed by atoms with van der Waals surface area (Å²) in [6.45, 7) is 3.37. The molecule has 0 aliphatic rings. The third-order valence-electron chi connectivity index (χ3n) is 3.24. The molecule has 23 heavy (non-hydrogen) atoms. The van der Waals surface area contributed by atoms with Gasteiger partial charge in [-0.05, 0) is 43.7 Å². The van der Waals surface area contributed by atoms with Gasteiger partial charge in [0, 0.05) is 21.7 Å². The summed E-state index contributed by atoms with van der Waals surface area (Å²) in [4.78, 5) is 22.4. The molecule has 0 heterocycles. The minimum Gasteiger partial charge on any atom is -0.267 e. The van der Waals surface area contributed by atoms with E-state index < -0.39 is 10.8 Å². The fraction of sp³-hybridized carbons (Fsp3) is 0.125. The predicted molar refractivity (Wildman–Crippen MR) is 91.7 cm³/mol. The highest BCUT2D eigenvalue weighted by atomic mass is 79.9. The van der Waals surface area contributed by atoms with Gasteiger partial charge in [-0.1, -0.05) is 28.1 Å². The van der Waals surface area contributed by atoms with Crippen LogP contribution in [-0.4, -0.2) is 16.5 Å². The number of amides is 1. The van der Waals surface area contributed by atoms with Crippen LogP contribution in [0.1, 0.15) is 28.4 Å². The molecule has 1 amide bonds. The molecule has 2 aromatic rings. The fourth-order valence-electron chi connectivity index (χ4n) is 1.96. The lowest BCUT2D eigenvalue weighted by Gasteiger charge is -2.04. The summed E-state index contributed by atoms with van der Waals surface area (Å²) in [5.41, 5.74) is 4.72. The monoisotopic (exact) mass is 375 g/mol. The third-order valence-corrected chi connectivity index (χ3v) is 3.77. The molecule has 118 valence electrons. The van der Waals surface area contributed by atoms with Crippen LogP contribution in [0.3, 0.4) is 0 Å². The number of aryl methyl sites for hydroxylation is 1. The fourth-order valence-corrected chi connectivity index (χ4v) is 2.22. The number of nitrogens with zero attached hydrogens (tertiary/aromatic N) is 2. The van der Waals surface area contributed by atoms with Crippen LogP contribution in [-0.2, 0) is 0 Å². The Morgan fingerprint density at radius 3 is 2.35 bits per heavy atom. The van der Waals surface area contributed by atoms with Crippen LogP contribution in [0.4, 0.5) is 5.69 Å². The molecule has 0 saturated carbocycles. The summed E-state index contributed by atoms with van der Waals surface area (Å²) >= 11 is 3.35. The predicted octanol–water partition coefficient (Wildman–Crippen LogP) is 3.82. The Hall–Kier alpha value is -2.54. The molecule has 0 aromatic heterocycles. The number of hydrogen-bond acceptors (Lipinski definition) is 4. The van der Waals surface area contributed by atoms with E-state index in [0.717, 1.165) is 10.0 Å². The SMILES string of the molecule is C/C(=N\NC(=O)c1ccc([N+](=O)[O-])c(C)c1)c1ccc(Br)cc1. The molecule has 0 fully saturated rings. The highest BCUT2D eigenvalue weighted by molar-refractivity contribution is 9.10. The second-order valence-electron chi connectivity index (χ2n) is 4.90. The number of carbonyl (C=O) groups excluding carboxylic acids is 1. The average molecular weight is 376 g/mol. The van der Waals surface area contributed by atoms with E-state index in [4.69, 9.17) is 0 Å². The second kappa shape index (κ2) is 7.15. The van der Waals surface area contributed by atoms with Crippen molar-refractivity contribution in [3.05, 3.63) is 73.7 Å². The Balaban J connectivity index is 2.12. The topological polar surface area (TPSA) is 84.6 Å². The lowest BCUT2D eigenvalue weighted by Crippen LogP contribution is -2.19. The van der Waals surface area contributed by atoms with Gasteiger partial charge in [0.1, 0.15) is 0 Å². The van der Waals surface area contributed by atoms with Gasteiger partial charge < -0.3 is 0 Å². The molecule has 0 bridgehead atoms. The number of nitro groups is 1. The van der Waals surface area contributed by atoms with Crippen molar-refractivity contribution in [3.63, 3.8) is 0 Å². The molecule has 0 atom stereocenters. The van der Waals surface area contributed by atoms with Gasteiger partial charge in [0.15, 0.2) is 0 Å². The van der Waals surface area contributed by atoms with Crippen molar-refractivity contribution >= 4 is 33.2 Å². The molecule has 7 heteroatoms. The Morgan fingerprint density at radius 1 is 1.17 bits per heavy atom. The first-order valence-electron chi connectivity index (χ1n) is 6.74. The minimum atomic E-state index is -0.479. The van der Waals surface area contributed by atoms with Gasteiger partial charge in [0.25, 0.3) is 11.6 Å². The molecule has 6 nitrogen and oxygen atoms in total. The first-order valence-corrected chi connectivity index (χ1v) is 7.53. The number of nitro benzene ring substituents is 1. The van der Waals surface area contributed by atoms with Gasteiger partial charge in [-0.3, -0.25) is 14.9 Å². The zero-order valence-electron chi connectivity index (χ0n) is 12.5. The number of hydrogen-bond donors (Lipinski definition) is 1. The molecule has 0 spiro atoms. The van der Waals surface area contributed by atoms with Gasteiger partial charge in [-0.2, -0.15) is 5.10 Å². The molecule has 0 aliphatic heterocycles. The lowest BCUT2D eigenvalue weighted by molar-refractivity contribution is -0.385. The summed E-state index contributed by atoms with van der Waals surface area (Å²) in [5, 5.41) is 14.8. The summed E-state index contributed by atoms with van der Waals surface area (Å²) in [5.74, 6) is -0.417. The van der Waals surface area contributed by atoms with E-state index in [9.17, 15) is 14.9 Å².